The minimum atomic E-state index is -0.215. The van der Waals surface area contributed by atoms with E-state index >= 15 is 4.39 Å². The van der Waals surface area contributed by atoms with Gasteiger partial charge in [0.15, 0.2) is 5.78 Å². The number of benzene rings is 3. The first-order valence-electron chi connectivity index (χ1n) is 12.7. The second kappa shape index (κ2) is 8.03. The fourth-order valence-corrected chi connectivity index (χ4v) is 6.54. The molecule has 3 aromatic carbocycles. The molecule has 2 unspecified atom stereocenters. The van der Waals surface area contributed by atoms with E-state index in [1.807, 2.05) is 36.4 Å². The van der Waals surface area contributed by atoms with Crippen molar-refractivity contribution in [1.29, 1.82) is 0 Å². The standard InChI is InChI=1S/C33H31FO2/c1-18-24-17-28(31-23(32(18)35)7-6-8-30(31)36-5)27-14-20-13-25(29(34)16-21(20)15-26(24)27)19-9-11-22(12-10-19)33(2,3)4/h6-13,15-16,24,27-28H,1,14,17H2,2-5H3/t24-,27?,28?/m0/s1. The van der Waals surface area contributed by atoms with Crippen molar-refractivity contribution in [2.75, 3.05) is 7.11 Å². The number of carbonyl (C=O) groups excluding carboxylic acids is 1. The Kier molecular flexibility index (Phi) is 5.12. The van der Waals surface area contributed by atoms with Crippen LogP contribution >= 0.6 is 0 Å². The van der Waals surface area contributed by atoms with Gasteiger partial charge in [-0.2, -0.15) is 0 Å². The molecule has 3 aromatic rings. The first-order chi connectivity index (χ1) is 17.2. The molecule has 3 aliphatic rings. The lowest BCUT2D eigenvalue weighted by Crippen LogP contribution is -2.22. The number of hydrogen-bond donors (Lipinski definition) is 0. The Bertz CT molecular complexity index is 1450. The third-order valence-corrected chi connectivity index (χ3v) is 8.47. The van der Waals surface area contributed by atoms with Crippen molar-refractivity contribution in [3.8, 4) is 16.9 Å². The van der Waals surface area contributed by atoms with Crippen LogP contribution in [0.1, 0.15) is 65.7 Å². The molecule has 0 aromatic heterocycles. The normalized spacial score (nSPS) is 22.4. The summed E-state index contributed by atoms with van der Waals surface area (Å²) >= 11 is 0. The van der Waals surface area contributed by atoms with Crippen LogP contribution in [-0.2, 0) is 11.8 Å². The number of rotatable bonds is 2. The molecular weight excluding hydrogens is 447 g/mol. The molecule has 3 atom stereocenters. The van der Waals surface area contributed by atoms with E-state index in [0.29, 0.717) is 11.1 Å². The number of ketones is 1. The molecule has 36 heavy (non-hydrogen) atoms. The van der Waals surface area contributed by atoms with E-state index in [9.17, 15) is 4.79 Å². The molecule has 0 saturated heterocycles. The van der Waals surface area contributed by atoms with E-state index < -0.39 is 0 Å². The molecule has 0 aliphatic heterocycles. The van der Waals surface area contributed by atoms with Crippen molar-refractivity contribution >= 4 is 11.9 Å². The topological polar surface area (TPSA) is 26.3 Å². The van der Waals surface area contributed by atoms with Crippen LogP contribution in [0.15, 0.2) is 72.3 Å². The largest absolute Gasteiger partial charge is 0.496 e. The average molecular weight is 479 g/mol. The number of hydrogen-bond acceptors (Lipinski definition) is 2. The van der Waals surface area contributed by atoms with Crippen LogP contribution in [-0.4, -0.2) is 12.9 Å². The molecule has 1 fully saturated rings. The van der Waals surface area contributed by atoms with E-state index in [1.54, 1.807) is 13.2 Å². The van der Waals surface area contributed by atoms with Gasteiger partial charge in [0.05, 0.1) is 7.11 Å². The summed E-state index contributed by atoms with van der Waals surface area (Å²) in [6, 6.07) is 17.7. The summed E-state index contributed by atoms with van der Waals surface area (Å²) in [5, 5.41) is 0. The molecule has 182 valence electrons. The Morgan fingerprint density at radius 1 is 1.00 bits per heavy atom. The SMILES string of the molecule is C=C1C(=O)c2cccc(OC)c2C2C[C@@H]1C1=Cc3cc(F)c(-c4ccc(C(C)(C)C)cc4)cc3CC12. The number of ether oxygens (including phenoxy) is 1. The number of carbonyl (C=O) groups is 1. The number of methoxy groups -OCH3 is 1. The van der Waals surface area contributed by atoms with Crippen LogP contribution in [0.25, 0.3) is 17.2 Å². The van der Waals surface area contributed by atoms with Crippen molar-refractivity contribution in [1.82, 2.24) is 0 Å². The number of Topliss-reactive ketones (excluding diaryl/α,β-unsaturated/α-hetero) is 1. The highest BCUT2D eigenvalue weighted by atomic mass is 19.1. The summed E-state index contributed by atoms with van der Waals surface area (Å²) in [5.74, 6) is 0.956. The second-order valence-electron chi connectivity index (χ2n) is 11.5. The van der Waals surface area contributed by atoms with E-state index in [1.165, 1.54) is 11.1 Å². The molecule has 2 bridgehead atoms. The number of halogens is 1. The first-order valence-corrected chi connectivity index (χ1v) is 12.7. The third-order valence-electron chi connectivity index (χ3n) is 8.47. The highest BCUT2D eigenvalue weighted by molar-refractivity contribution is 6.11. The van der Waals surface area contributed by atoms with Crippen LogP contribution in [0.2, 0.25) is 0 Å². The van der Waals surface area contributed by atoms with E-state index in [2.05, 4.69) is 45.6 Å². The lowest BCUT2D eigenvalue weighted by Gasteiger charge is -2.30. The van der Waals surface area contributed by atoms with E-state index in [4.69, 9.17) is 4.74 Å². The zero-order chi connectivity index (χ0) is 25.4. The van der Waals surface area contributed by atoms with Crippen LogP contribution in [0, 0.1) is 17.7 Å². The van der Waals surface area contributed by atoms with Gasteiger partial charge in [0.2, 0.25) is 0 Å². The number of allylic oxidation sites excluding steroid dienone is 2. The van der Waals surface area contributed by atoms with Crippen molar-refractivity contribution in [2.45, 2.75) is 44.9 Å². The van der Waals surface area contributed by atoms with Crippen LogP contribution in [0.3, 0.4) is 0 Å². The van der Waals surface area contributed by atoms with Crippen LogP contribution < -0.4 is 4.74 Å². The Morgan fingerprint density at radius 3 is 2.44 bits per heavy atom. The Hall–Kier alpha value is -3.46. The van der Waals surface area contributed by atoms with Gasteiger partial charge in [-0.3, -0.25) is 4.79 Å². The Labute approximate surface area is 212 Å². The molecule has 6 rings (SSSR count). The van der Waals surface area contributed by atoms with Gasteiger partial charge in [0, 0.05) is 28.2 Å². The lowest BCUT2D eigenvalue weighted by molar-refractivity contribution is 0.102. The highest BCUT2D eigenvalue weighted by Crippen LogP contribution is 2.58. The second-order valence-corrected chi connectivity index (χ2v) is 11.5. The molecule has 0 N–H and O–H groups in total. The van der Waals surface area contributed by atoms with Gasteiger partial charge in [-0.25, -0.2) is 4.39 Å². The zero-order valence-electron chi connectivity index (χ0n) is 21.3. The summed E-state index contributed by atoms with van der Waals surface area (Å²) < 4.78 is 21.1. The lowest BCUT2D eigenvalue weighted by atomic mass is 9.74. The van der Waals surface area contributed by atoms with Gasteiger partial charge < -0.3 is 4.74 Å². The molecule has 0 spiro atoms. The molecule has 0 heterocycles. The van der Waals surface area contributed by atoms with Crippen molar-refractivity contribution in [2.24, 2.45) is 11.8 Å². The van der Waals surface area contributed by atoms with Crippen molar-refractivity contribution < 1.29 is 13.9 Å². The fourth-order valence-electron chi connectivity index (χ4n) is 6.54. The molecule has 2 nitrogen and oxygen atoms in total. The highest BCUT2D eigenvalue weighted by Gasteiger charge is 2.48. The average Bonchev–Trinajstić information content (AvgIpc) is 3.17. The maximum Gasteiger partial charge on any atom is 0.189 e. The molecule has 1 saturated carbocycles. The van der Waals surface area contributed by atoms with Crippen LogP contribution in [0.4, 0.5) is 4.39 Å². The van der Waals surface area contributed by atoms with Gasteiger partial charge in [-0.05, 0) is 70.5 Å². The quantitative estimate of drug-likeness (QED) is 0.350. The minimum absolute atomic E-state index is 0.00165. The minimum Gasteiger partial charge on any atom is -0.496 e. The van der Waals surface area contributed by atoms with Gasteiger partial charge in [0.25, 0.3) is 0 Å². The summed E-state index contributed by atoms with van der Waals surface area (Å²) in [6.45, 7) is 10.8. The molecule has 0 radical (unpaired) electrons. The predicted octanol–water partition coefficient (Wildman–Crippen LogP) is 7.91. The summed E-state index contributed by atoms with van der Waals surface area (Å²) in [5.41, 5.74) is 8.46. The molecule has 3 aliphatic carbocycles. The van der Waals surface area contributed by atoms with Gasteiger partial charge >= 0.3 is 0 Å². The smallest absolute Gasteiger partial charge is 0.189 e. The van der Waals surface area contributed by atoms with Gasteiger partial charge in [-0.15, -0.1) is 0 Å². The molecule has 0 amide bonds. The zero-order valence-corrected chi connectivity index (χ0v) is 21.3. The van der Waals surface area contributed by atoms with Crippen LogP contribution in [0.5, 0.6) is 5.75 Å². The maximum atomic E-state index is 15.4. The predicted molar refractivity (Wildman–Crippen MR) is 143 cm³/mol. The Balaban J connectivity index is 1.44. The molecule has 3 heteroatoms. The summed E-state index contributed by atoms with van der Waals surface area (Å²) in [4.78, 5) is 13.3. The third kappa shape index (κ3) is 3.40. The monoisotopic (exact) mass is 478 g/mol. The Morgan fingerprint density at radius 2 is 1.75 bits per heavy atom. The van der Waals surface area contributed by atoms with Crippen molar-refractivity contribution in [3.63, 3.8) is 0 Å². The van der Waals surface area contributed by atoms with Crippen molar-refractivity contribution in [3.05, 3.63) is 106 Å². The number of fused-ring (bicyclic) bond motifs is 8. The van der Waals surface area contributed by atoms with E-state index in [0.717, 1.165) is 46.4 Å². The fraction of sp³-hybridized carbons (Fsp3) is 0.303. The maximum absolute atomic E-state index is 15.4. The van der Waals surface area contributed by atoms with Gasteiger partial charge in [0.1, 0.15) is 11.6 Å². The first kappa shape index (κ1) is 23.0. The summed E-state index contributed by atoms with van der Waals surface area (Å²) in [6.07, 6.45) is 3.78. The molecular formula is C33H31FO2. The van der Waals surface area contributed by atoms with Gasteiger partial charge in [-0.1, -0.05) is 75.4 Å². The van der Waals surface area contributed by atoms with E-state index in [-0.39, 0.29) is 34.8 Å². The summed E-state index contributed by atoms with van der Waals surface area (Å²) in [7, 11) is 1.67.